The molecule has 1 aliphatic heterocycles. The highest BCUT2D eigenvalue weighted by Gasteiger charge is 2.18. The van der Waals surface area contributed by atoms with Crippen molar-refractivity contribution in [2.45, 2.75) is 39.4 Å². The quantitative estimate of drug-likeness (QED) is 0.690. The molecule has 0 atom stereocenters. The predicted octanol–water partition coefficient (Wildman–Crippen LogP) is 2.03. The third-order valence-corrected chi connectivity index (χ3v) is 4.10. The summed E-state index contributed by atoms with van der Waals surface area (Å²) >= 11 is 0. The van der Waals surface area contributed by atoms with E-state index < -0.39 is 0 Å². The Bertz CT molecular complexity index is 627. The van der Waals surface area contributed by atoms with Crippen LogP contribution in [0.25, 0.3) is 0 Å². The average Bonchev–Trinajstić information content (AvgIpc) is 2.66. The molecule has 0 unspecified atom stereocenters. The first-order valence-corrected chi connectivity index (χ1v) is 9.07. The topological polar surface area (TPSA) is 85.9 Å². The van der Waals surface area contributed by atoms with Gasteiger partial charge in [-0.1, -0.05) is 0 Å². The molecule has 1 heterocycles. The zero-order valence-electron chi connectivity index (χ0n) is 15.7. The number of amides is 2. The Morgan fingerprint density at radius 3 is 2.62 bits per heavy atom. The molecule has 0 radical (unpaired) electrons. The van der Waals surface area contributed by atoms with Gasteiger partial charge in [-0.3, -0.25) is 9.59 Å². The monoisotopic (exact) mass is 364 g/mol. The van der Waals surface area contributed by atoms with Crippen LogP contribution in [-0.2, 0) is 9.47 Å². The lowest BCUT2D eigenvalue weighted by atomic mass is 10.0. The molecular weight excluding hydrogens is 336 g/mol. The van der Waals surface area contributed by atoms with Crippen LogP contribution in [-0.4, -0.2) is 51.5 Å². The lowest BCUT2D eigenvalue weighted by molar-refractivity contribution is -0.181. The van der Waals surface area contributed by atoms with Gasteiger partial charge >= 0.3 is 0 Å². The number of nitrogens with one attached hydrogen (secondary N) is 2. The van der Waals surface area contributed by atoms with E-state index in [1.165, 1.54) is 0 Å². The second-order valence-electron chi connectivity index (χ2n) is 6.10. The van der Waals surface area contributed by atoms with Gasteiger partial charge < -0.3 is 24.8 Å². The molecule has 1 saturated heterocycles. The van der Waals surface area contributed by atoms with E-state index in [0.29, 0.717) is 30.0 Å². The second kappa shape index (κ2) is 10.1. The number of benzene rings is 1. The normalized spacial score (nSPS) is 14.7. The highest BCUT2D eigenvalue weighted by Crippen LogP contribution is 2.26. The first kappa shape index (κ1) is 20.2. The first-order chi connectivity index (χ1) is 12.6. The SMILES string of the molecule is CCOc1c(C)cc(C(=O)NCCCC2OCCCO2)cc1C(=O)NC. The summed E-state index contributed by atoms with van der Waals surface area (Å²) in [6.07, 6.45) is 2.26. The van der Waals surface area contributed by atoms with Crippen LogP contribution in [0.4, 0.5) is 0 Å². The summed E-state index contributed by atoms with van der Waals surface area (Å²) in [5, 5.41) is 5.46. The molecule has 2 rings (SSSR count). The fraction of sp³-hybridized carbons (Fsp3) is 0.579. The van der Waals surface area contributed by atoms with E-state index in [9.17, 15) is 9.59 Å². The van der Waals surface area contributed by atoms with Crippen molar-refractivity contribution in [3.8, 4) is 5.75 Å². The van der Waals surface area contributed by atoms with E-state index in [1.54, 1.807) is 19.2 Å². The Balaban J connectivity index is 1.96. The largest absolute Gasteiger partial charge is 0.493 e. The fourth-order valence-corrected chi connectivity index (χ4v) is 2.82. The summed E-state index contributed by atoms with van der Waals surface area (Å²) in [4.78, 5) is 24.6. The molecule has 7 heteroatoms. The smallest absolute Gasteiger partial charge is 0.254 e. The Hall–Kier alpha value is -2.12. The number of hydrogen-bond acceptors (Lipinski definition) is 5. The van der Waals surface area contributed by atoms with Crippen molar-refractivity contribution in [1.82, 2.24) is 10.6 Å². The van der Waals surface area contributed by atoms with E-state index >= 15 is 0 Å². The Kier molecular flexibility index (Phi) is 7.87. The van der Waals surface area contributed by atoms with E-state index in [2.05, 4.69) is 10.6 Å². The van der Waals surface area contributed by atoms with Crippen LogP contribution in [0.1, 0.15) is 52.5 Å². The number of aryl methyl sites for hydroxylation is 1. The Morgan fingerprint density at radius 2 is 1.96 bits per heavy atom. The van der Waals surface area contributed by atoms with Gasteiger partial charge in [-0.25, -0.2) is 0 Å². The van der Waals surface area contributed by atoms with Gasteiger partial charge in [-0.15, -0.1) is 0 Å². The lowest BCUT2D eigenvalue weighted by Gasteiger charge is -2.23. The molecular formula is C19H28N2O5. The van der Waals surface area contributed by atoms with Crippen LogP contribution in [0.2, 0.25) is 0 Å². The van der Waals surface area contributed by atoms with Crippen LogP contribution in [0.3, 0.4) is 0 Å². The summed E-state index contributed by atoms with van der Waals surface area (Å²) in [5.41, 5.74) is 1.56. The third-order valence-electron chi connectivity index (χ3n) is 4.10. The van der Waals surface area contributed by atoms with Crippen molar-refractivity contribution in [1.29, 1.82) is 0 Å². The molecule has 1 fully saturated rings. The lowest BCUT2D eigenvalue weighted by Crippen LogP contribution is -2.29. The van der Waals surface area contributed by atoms with E-state index in [-0.39, 0.29) is 18.1 Å². The van der Waals surface area contributed by atoms with E-state index in [0.717, 1.165) is 38.0 Å². The second-order valence-corrected chi connectivity index (χ2v) is 6.10. The molecule has 1 aliphatic rings. The fourth-order valence-electron chi connectivity index (χ4n) is 2.82. The van der Waals surface area contributed by atoms with Gasteiger partial charge in [0.15, 0.2) is 6.29 Å². The minimum absolute atomic E-state index is 0.173. The van der Waals surface area contributed by atoms with Crippen LogP contribution in [0.15, 0.2) is 12.1 Å². The van der Waals surface area contributed by atoms with E-state index in [4.69, 9.17) is 14.2 Å². The summed E-state index contributed by atoms with van der Waals surface area (Å²) in [6.45, 7) is 6.10. The molecule has 0 bridgehead atoms. The van der Waals surface area contributed by atoms with Crippen LogP contribution >= 0.6 is 0 Å². The summed E-state index contributed by atoms with van der Waals surface area (Å²) < 4.78 is 16.5. The van der Waals surface area contributed by atoms with Crippen molar-refractivity contribution in [2.24, 2.45) is 0 Å². The summed E-state index contributed by atoms with van der Waals surface area (Å²) in [7, 11) is 1.55. The van der Waals surface area contributed by atoms with Crippen molar-refractivity contribution in [2.75, 3.05) is 33.4 Å². The molecule has 0 spiro atoms. The molecule has 1 aromatic carbocycles. The van der Waals surface area contributed by atoms with Crippen LogP contribution in [0, 0.1) is 6.92 Å². The maximum Gasteiger partial charge on any atom is 0.254 e. The molecule has 0 aliphatic carbocycles. The van der Waals surface area contributed by atoms with Gasteiger partial charge in [0.05, 0.1) is 25.4 Å². The summed E-state index contributed by atoms with van der Waals surface area (Å²) in [5.74, 6) is 0.0135. The number of ether oxygens (including phenoxy) is 3. The van der Waals surface area contributed by atoms with Gasteiger partial charge in [0, 0.05) is 25.6 Å². The minimum Gasteiger partial charge on any atom is -0.493 e. The van der Waals surface area contributed by atoms with Crippen LogP contribution in [0.5, 0.6) is 5.75 Å². The molecule has 2 amide bonds. The van der Waals surface area contributed by atoms with Gasteiger partial charge in [0.25, 0.3) is 11.8 Å². The highest BCUT2D eigenvalue weighted by molar-refractivity contribution is 6.02. The van der Waals surface area contributed by atoms with Gasteiger partial charge in [-0.2, -0.15) is 0 Å². The molecule has 0 saturated carbocycles. The number of carbonyl (C=O) groups is 2. The number of hydrogen-bond donors (Lipinski definition) is 2. The third kappa shape index (κ3) is 5.44. The standard InChI is InChI=1S/C19H28N2O5/c1-4-24-17-13(2)11-14(12-15(17)19(23)20-3)18(22)21-8-5-7-16-25-9-6-10-26-16/h11-12,16H,4-10H2,1-3H3,(H,20,23)(H,21,22). The maximum absolute atomic E-state index is 12.4. The highest BCUT2D eigenvalue weighted by atomic mass is 16.7. The minimum atomic E-state index is -0.280. The maximum atomic E-state index is 12.4. The average molecular weight is 364 g/mol. The van der Waals surface area contributed by atoms with Crippen molar-refractivity contribution in [3.05, 3.63) is 28.8 Å². The molecule has 7 nitrogen and oxygen atoms in total. The number of rotatable bonds is 8. The molecule has 26 heavy (non-hydrogen) atoms. The first-order valence-electron chi connectivity index (χ1n) is 9.07. The number of carbonyl (C=O) groups excluding carboxylic acids is 2. The van der Waals surface area contributed by atoms with Crippen molar-refractivity contribution in [3.63, 3.8) is 0 Å². The molecule has 144 valence electrons. The molecule has 1 aromatic rings. The van der Waals surface area contributed by atoms with Crippen molar-refractivity contribution >= 4 is 11.8 Å². The zero-order valence-corrected chi connectivity index (χ0v) is 15.7. The van der Waals surface area contributed by atoms with Crippen molar-refractivity contribution < 1.29 is 23.8 Å². The molecule has 2 N–H and O–H groups in total. The van der Waals surface area contributed by atoms with E-state index in [1.807, 2.05) is 13.8 Å². The molecule has 0 aromatic heterocycles. The van der Waals surface area contributed by atoms with Gasteiger partial charge in [-0.05, 0) is 44.4 Å². The Morgan fingerprint density at radius 1 is 1.23 bits per heavy atom. The van der Waals surface area contributed by atoms with Gasteiger partial charge in [0.2, 0.25) is 0 Å². The Labute approximate surface area is 154 Å². The van der Waals surface area contributed by atoms with Gasteiger partial charge in [0.1, 0.15) is 5.75 Å². The predicted molar refractivity (Wildman–Crippen MR) is 97.6 cm³/mol. The van der Waals surface area contributed by atoms with Crippen LogP contribution < -0.4 is 15.4 Å². The summed E-state index contributed by atoms with van der Waals surface area (Å²) in [6, 6.07) is 3.31. The zero-order chi connectivity index (χ0) is 18.9.